The Morgan fingerprint density at radius 1 is 1.30 bits per heavy atom. The summed E-state index contributed by atoms with van der Waals surface area (Å²) in [6.45, 7) is 6.11. The van der Waals surface area contributed by atoms with Gasteiger partial charge in [0.25, 0.3) is 5.91 Å². The van der Waals surface area contributed by atoms with Crippen molar-refractivity contribution in [1.29, 1.82) is 0 Å². The van der Waals surface area contributed by atoms with E-state index in [1.165, 1.54) is 25.1 Å². The SMILES string of the molecule is CCOc1c(Cl)cc(/C=N\NC(=O)CSc2nc(C)cc(C)n2)cc1OC. The van der Waals surface area contributed by atoms with Crippen molar-refractivity contribution in [2.75, 3.05) is 19.5 Å². The Bertz CT molecular complexity index is 825. The van der Waals surface area contributed by atoms with Crippen LogP contribution in [-0.2, 0) is 4.79 Å². The number of thioether (sulfide) groups is 1. The number of aromatic nitrogens is 2. The molecular weight excluding hydrogens is 388 g/mol. The van der Waals surface area contributed by atoms with Crippen LogP contribution in [0.2, 0.25) is 5.02 Å². The molecule has 2 aromatic rings. The predicted molar refractivity (Wildman–Crippen MR) is 107 cm³/mol. The molecule has 0 saturated heterocycles. The van der Waals surface area contributed by atoms with Crippen molar-refractivity contribution in [1.82, 2.24) is 15.4 Å². The van der Waals surface area contributed by atoms with Gasteiger partial charge < -0.3 is 9.47 Å². The molecule has 1 aromatic carbocycles. The molecule has 0 aliphatic heterocycles. The quantitative estimate of drug-likeness (QED) is 0.312. The molecule has 0 fully saturated rings. The second-order valence-corrected chi connectivity index (χ2v) is 6.83. The number of amides is 1. The summed E-state index contributed by atoms with van der Waals surface area (Å²) in [6.07, 6.45) is 1.49. The molecule has 2 rings (SSSR count). The van der Waals surface area contributed by atoms with Gasteiger partial charge in [-0.15, -0.1) is 0 Å². The first kappa shape index (κ1) is 21.0. The van der Waals surface area contributed by atoms with Crippen molar-refractivity contribution in [3.63, 3.8) is 0 Å². The first-order chi connectivity index (χ1) is 12.9. The molecule has 0 bridgehead atoms. The molecule has 0 unspecified atom stereocenters. The van der Waals surface area contributed by atoms with E-state index in [1.807, 2.05) is 26.8 Å². The van der Waals surface area contributed by atoms with E-state index in [-0.39, 0.29) is 11.7 Å². The number of nitrogens with zero attached hydrogens (tertiary/aromatic N) is 3. The Morgan fingerprint density at radius 2 is 2.00 bits per heavy atom. The van der Waals surface area contributed by atoms with Gasteiger partial charge in [0.2, 0.25) is 0 Å². The van der Waals surface area contributed by atoms with Crippen molar-refractivity contribution < 1.29 is 14.3 Å². The van der Waals surface area contributed by atoms with E-state index in [0.29, 0.717) is 33.8 Å². The summed E-state index contributed by atoms with van der Waals surface area (Å²) in [7, 11) is 1.53. The molecule has 27 heavy (non-hydrogen) atoms. The standard InChI is InChI=1S/C18H21ClN4O3S/c1-5-26-17-14(19)7-13(8-15(17)25-4)9-20-23-16(24)10-27-18-21-11(2)6-12(3)22-18/h6-9H,5,10H2,1-4H3,(H,23,24)/b20-9-. The number of halogens is 1. The maximum Gasteiger partial charge on any atom is 0.250 e. The molecule has 1 heterocycles. The van der Waals surface area contributed by atoms with Crippen molar-refractivity contribution in [2.45, 2.75) is 25.9 Å². The van der Waals surface area contributed by atoms with E-state index < -0.39 is 0 Å². The lowest BCUT2D eigenvalue weighted by Crippen LogP contribution is -2.19. The van der Waals surface area contributed by atoms with Crippen LogP contribution in [0.25, 0.3) is 0 Å². The molecule has 1 aromatic heterocycles. The highest BCUT2D eigenvalue weighted by Gasteiger charge is 2.11. The number of hydrazone groups is 1. The van der Waals surface area contributed by atoms with Gasteiger partial charge in [-0.3, -0.25) is 4.79 Å². The third kappa shape index (κ3) is 6.41. The second-order valence-electron chi connectivity index (χ2n) is 5.48. The Morgan fingerprint density at radius 3 is 2.63 bits per heavy atom. The lowest BCUT2D eigenvalue weighted by molar-refractivity contribution is -0.118. The predicted octanol–water partition coefficient (Wildman–Crippen LogP) is 3.40. The van der Waals surface area contributed by atoms with Crippen molar-refractivity contribution in [3.05, 3.63) is 40.2 Å². The fourth-order valence-electron chi connectivity index (χ4n) is 2.20. The topological polar surface area (TPSA) is 85.7 Å². The zero-order valence-corrected chi connectivity index (χ0v) is 17.1. The summed E-state index contributed by atoms with van der Waals surface area (Å²) >= 11 is 7.46. The van der Waals surface area contributed by atoms with Crippen molar-refractivity contribution in [2.24, 2.45) is 5.10 Å². The zero-order valence-electron chi connectivity index (χ0n) is 15.6. The van der Waals surface area contributed by atoms with Crippen LogP contribution >= 0.6 is 23.4 Å². The van der Waals surface area contributed by atoms with Gasteiger partial charge in [0.15, 0.2) is 16.7 Å². The number of rotatable bonds is 8. The van der Waals surface area contributed by atoms with Crippen LogP contribution in [0.1, 0.15) is 23.9 Å². The minimum absolute atomic E-state index is 0.160. The number of carbonyl (C=O) groups is 1. The summed E-state index contributed by atoms with van der Waals surface area (Å²) < 4.78 is 10.7. The van der Waals surface area contributed by atoms with Crippen molar-refractivity contribution >= 4 is 35.5 Å². The maximum atomic E-state index is 11.9. The molecule has 1 amide bonds. The molecule has 1 N–H and O–H groups in total. The lowest BCUT2D eigenvalue weighted by atomic mass is 10.2. The van der Waals surface area contributed by atoms with E-state index in [1.54, 1.807) is 12.1 Å². The van der Waals surface area contributed by atoms with E-state index in [2.05, 4.69) is 20.5 Å². The largest absolute Gasteiger partial charge is 0.493 e. The number of benzene rings is 1. The number of carbonyl (C=O) groups excluding carboxylic acids is 1. The fourth-order valence-corrected chi connectivity index (χ4v) is 3.21. The smallest absolute Gasteiger partial charge is 0.250 e. The number of hydrogen-bond donors (Lipinski definition) is 1. The molecule has 0 aliphatic carbocycles. The Labute approximate surface area is 167 Å². The molecule has 7 nitrogen and oxygen atoms in total. The first-order valence-corrected chi connectivity index (χ1v) is 9.56. The summed E-state index contributed by atoms with van der Waals surface area (Å²) in [5.41, 5.74) is 4.87. The molecular formula is C18H21ClN4O3S. The van der Waals surface area contributed by atoms with Gasteiger partial charge in [0.1, 0.15) is 0 Å². The third-order valence-corrected chi connectivity index (χ3v) is 4.37. The summed E-state index contributed by atoms with van der Waals surface area (Å²) in [6, 6.07) is 5.29. The zero-order chi connectivity index (χ0) is 19.8. The van der Waals surface area contributed by atoms with Gasteiger partial charge in [-0.1, -0.05) is 23.4 Å². The van der Waals surface area contributed by atoms with Gasteiger partial charge in [-0.05, 0) is 44.5 Å². The van der Waals surface area contributed by atoms with E-state index in [4.69, 9.17) is 21.1 Å². The van der Waals surface area contributed by atoms with E-state index in [0.717, 1.165) is 11.4 Å². The first-order valence-electron chi connectivity index (χ1n) is 8.20. The van der Waals surface area contributed by atoms with Gasteiger partial charge in [0.05, 0.1) is 30.7 Å². The minimum atomic E-state index is -0.261. The third-order valence-electron chi connectivity index (χ3n) is 3.24. The highest BCUT2D eigenvalue weighted by Crippen LogP contribution is 2.35. The van der Waals surface area contributed by atoms with Gasteiger partial charge in [-0.25, -0.2) is 15.4 Å². The van der Waals surface area contributed by atoms with Gasteiger partial charge in [0, 0.05) is 11.4 Å². The molecule has 0 aliphatic rings. The normalized spacial score (nSPS) is 10.9. The average Bonchev–Trinajstić information content (AvgIpc) is 2.61. The van der Waals surface area contributed by atoms with Crippen molar-refractivity contribution in [3.8, 4) is 11.5 Å². The molecule has 0 spiro atoms. The molecule has 0 atom stereocenters. The van der Waals surface area contributed by atoms with E-state index in [9.17, 15) is 4.79 Å². The average molecular weight is 409 g/mol. The lowest BCUT2D eigenvalue weighted by Gasteiger charge is -2.11. The number of nitrogens with one attached hydrogen (secondary N) is 1. The van der Waals surface area contributed by atoms with Crippen LogP contribution in [0.4, 0.5) is 0 Å². The molecule has 0 saturated carbocycles. The maximum absolute atomic E-state index is 11.9. The van der Waals surface area contributed by atoms with Crippen LogP contribution in [0, 0.1) is 13.8 Å². The second kappa shape index (κ2) is 10.1. The van der Waals surface area contributed by atoms with Crippen LogP contribution < -0.4 is 14.9 Å². The molecule has 0 radical (unpaired) electrons. The summed E-state index contributed by atoms with van der Waals surface area (Å²) in [5.74, 6) is 0.878. The minimum Gasteiger partial charge on any atom is -0.493 e. The summed E-state index contributed by atoms with van der Waals surface area (Å²) in [4.78, 5) is 20.5. The van der Waals surface area contributed by atoms with E-state index >= 15 is 0 Å². The van der Waals surface area contributed by atoms with Crippen LogP contribution in [-0.4, -0.2) is 41.6 Å². The fraction of sp³-hybridized carbons (Fsp3) is 0.333. The highest BCUT2D eigenvalue weighted by atomic mass is 35.5. The van der Waals surface area contributed by atoms with Gasteiger partial charge >= 0.3 is 0 Å². The van der Waals surface area contributed by atoms with Crippen LogP contribution in [0.5, 0.6) is 11.5 Å². The highest BCUT2D eigenvalue weighted by molar-refractivity contribution is 7.99. The Hall–Kier alpha value is -2.32. The van der Waals surface area contributed by atoms with Crippen LogP contribution in [0.15, 0.2) is 28.5 Å². The number of ether oxygens (including phenoxy) is 2. The summed E-state index contributed by atoms with van der Waals surface area (Å²) in [5, 5.41) is 4.92. The van der Waals surface area contributed by atoms with Crippen LogP contribution in [0.3, 0.4) is 0 Å². The Kier molecular flexibility index (Phi) is 7.87. The molecule has 9 heteroatoms. The Balaban J connectivity index is 1.94. The molecule has 144 valence electrons. The monoisotopic (exact) mass is 408 g/mol. The number of methoxy groups -OCH3 is 1. The number of aryl methyl sites for hydroxylation is 2. The van der Waals surface area contributed by atoms with Gasteiger partial charge in [-0.2, -0.15) is 5.10 Å². The number of hydrogen-bond acceptors (Lipinski definition) is 7.